The van der Waals surface area contributed by atoms with Gasteiger partial charge in [0.1, 0.15) is 5.76 Å². The number of nitrogens with zero attached hydrogens (tertiary/aromatic N) is 3. The number of hydrogen-bond donors (Lipinski definition) is 1. The highest BCUT2D eigenvalue weighted by Gasteiger charge is 2.32. The zero-order chi connectivity index (χ0) is 15.5. The maximum atomic E-state index is 12.7. The highest BCUT2D eigenvalue weighted by Crippen LogP contribution is 2.34. The van der Waals surface area contributed by atoms with Crippen molar-refractivity contribution in [2.24, 2.45) is 5.92 Å². The maximum absolute atomic E-state index is 12.7. The van der Waals surface area contributed by atoms with Gasteiger partial charge in [0, 0.05) is 6.54 Å². The smallest absolute Gasteiger partial charge is 0.322 e. The molecule has 2 atom stereocenters. The second-order valence-electron chi connectivity index (χ2n) is 5.81. The number of nitrogens with one attached hydrogen (secondary N) is 1. The quantitative estimate of drug-likeness (QED) is 0.923. The Hall–Kier alpha value is -2.37. The molecule has 0 aromatic carbocycles. The molecule has 1 aliphatic heterocycles. The Bertz CT molecular complexity index is 641. The van der Waals surface area contributed by atoms with Crippen molar-refractivity contribution >= 4 is 11.7 Å². The maximum Gasteiger partial charge on any atom is 0.322 e. The van der Waals surface area contributed by atoms with Gasteiger partial charge in [0.05, 0.1) is 29.9 Å². The number of aryl methyl sites for hydroxylation is 1. The van der Waals surface area contributed by atoms with Crippen LogP contribution in [0.5, 0.6) is 0 Å². The van der Waals surface area contributed by atoms with Crippen LogP contribution in [0.25, 0.3) is 0 Å². The van der Waals surface area contributed by atoms with Crippen LogP contribution in [-0.4, -0.2) is 27.7 Å². The molecule has 3 heterocycles. The summed E-state index contributed by atoms with van der Waals surface area (Å²) in [5, 5.41) is 10.7. The minimum atomic E-state index is -0.121. The van der Waals surface area contributed by atoms with E-state index in [0.717, 1.165) is 25.1 Å². The Balaban J connectivity index is 1.79. The van der Waals surface area contributed by atoms with E-state index in [1.165, 1.54) is 0 Å². The predicted octanol–water partition coefficient (Wildman–Crippen LogP) is 3.38. The highest BCUT2D eigenvalue weighted by atomic mass is 16.3. The first-order chi connectivity index (χ1) is 10.6. The van der Waals surface area contributed by atoms with Crippen molar-refractivity contribution in [1.29, 1.82) is 0 Å². The molecule has 0 bridgehead atoms. The third-order valence-electron chi connectivity index (χ3n) is 4.14. The molecule has 2 amide bonds. The van der Waals surface area contributed by atoms with Crippen LogP contribution in [0.4, 0.5) is 10.5 Å². The molecule has 0 aliphatic carbocycles. The van der Waals surface area contributed by atoms with Gasteiger partial charge in [-0.2, -0.15) is 10.2 Å². The molecule has 2 aromatic rings. The summed E-state index contributed by atoms with van der Waals surface area (Å²) in [6.07, 6.45) is 5.14. The number of likely N-dealkylation sites (tertiary alicyclic amines) is 1. The molecular weight excluding hydrogens is 280 g/mol. The van der Waals surface area contributed by atoms with Crippen LogP contribution >= 0.6 is 0 Å². The molecule has 0 radical (unpaired) electrons. The lowest BCUT2D eigenvalue weighted by atomic mass is 9.91. The zero-order valence-electron chi connectivity index (χ0n) is 12.8. The van der Waals surface area contributed by atoms with E-state index in [4.69, 9.17) is 4.42 Å². The van der Waals surface area contributed by atoms with Gasteiger partial charge in [-0.25, -0.2) is 4.79 Å². The molecule has 1 fully saturated rings. The Morgan fingerprint density at radius 1 is 1.45 bits per heavy atom. The summed E-state index contributed by atoms with van der Waals surface area (Å²) in [7, 11) is 0. The average molecular weight is 300 g/mol. The molecule has 6 nitrogen and oxygen atoms in total. The number of aromatic nitrogens is 2. The third kappa shape index (κ3) is 2.95. The van der Waals surface area contributed by atoms with Crippen molar-refractivity contribution < 1.29 is 9.21 Å². The predicted molar refractivity (Wildman–Crippen MR) is 82.3 cm³/mol. The van der Waals surface area contributed by atoms with E-state index in [0.29, 0.717) is 17.3 Å². The largest absolute Gasteiger partial charge is 0.467 e. The standard InChI is InChI=1S/C16H20N4O2/c1-11-6-8-20(14(10-11)15-4-3-9-22-15)16(21)18-13-5-7-17-19-12(13)2/h3-5,7,9,11,14H,6,8,10H2,1-2H3,(H,17,18,21). The number of rotatable bonds is 2. The first-order valence-corrected chi connectivity index (χ1v) is 7.54. The first kappa shape index (κ1) is 14.6. The van der Waals surface area contributed by atoms with Crippen molar-refractivity contribution in [1.82, 2.24) is 15.1 Å². The minimum absolute atomic E-state index is 0.0196. The van der Waals surface area contributed by atoms with Gasteiger partial charge in [0.15, 0.2) is 0 Å². The van der Waals surface area contributed by atoms with Crippen molar-refractivity contribution in [3.05, 3.63) is 42.1 Å². The van der Waals surface area contributed by atoms with Crippen LogP contribution in [0.2, 0.25) is 0 Å². The first-order valence-electron chi connectivity index (χ1n) is 7.54. The monoisotopic (exact) mass is 300 g/mol. The van der Waals surface area contributed by atoms with E-state index in [-0.39, 0.29) is 12.1 Å². The van der Waals surface area contributed by atoms with Crippen LogP contribution in [0.3, 0.4) is 0 Å². The van der Waals surface area contributed by atoms with Gasteiger partial charge >= 0.3 is 6.03 Å². The third-order valence-corrected chi connectivity index (χ3v) is 4.14. The van der Waals surface area contributed by atoms with Gasteiger partial charge in [-0.05, 0) is 43.9 Å². The number of hydrogen-bond acceptors (Lipinski definition) is 4. The second-order valence-corrected chi connectivity index (χ2v) is 5.81. The number of piperidine rings is 1. The van der Waals surface area contributed by atoms with Gasteiger partial charge in [-0.1, -0.05) is 6.92 Å². The number of carbonyl (C=O) groups is 1. The molecule has 2 aromatic heterocycles. The van der Waals surface area contributed by atoms with Gasteiger partial charge in [-0.15, -0.1) is 0 Å². The Morgan fingerprint density at radius 2 is 2.32 bits per heavy atom. The molecule has 1 saturated heterocycles. The lowest BCUT2D eigenvalue weighted by molar-refractivity contribution is 0.129. The number of furan rings is 1. The summed E-state index contributed by atoms with van der Waals surface area (Å²) in [5.41, 5.74) is 1.40. The summed E-state index contributed by atoms with van der Waals surface area (Å²) in [4.78, 5) is 14.5. The number of amides is 2. The average Bonchev–Trinajstić information content (AvgIpc) is 3.03. The summed E-state index contributed by atoms with van der Waals surface area (Å²) in [6.45, 7) is 4.75. The fourth-order valence-corrected chi connectivity index (χ4v) is 2.86. The normalized spacial score (nSPS) is 21.6. The molecule has 3 rings (SSSR count). The van der Waals surface area contributed by atoms with E-state index in [9.17, 15) is 4.79 Å². The lowest BCUT2D eigenvalue weighted by Crippen LogP contribution is -2.43. The fraction of sp³-hybridized carbons (Fsp3) is 0.438. The van der Waals surface area contributed by atoms with E-state index in [2.05, 4.69) is 22.4 Å². The van der Waals surface area contributed by atoms with Crippen LogP contribution in [0.1, 0.15) is 37.3 Å². The molecule has 0 saturated carbocycles. The van der Waals surface area contributed by atoms with Gasteiger partial charge in [0.2, 0.25) is 0 Å². The zero-order valence-corrected chi connectivity index (χ0v) is 12.8. The van der Waals surface area contributed by atoms with E-state index in [1.54, 1.807) is 18.5 Å². The van der Waals surface area contributed by atoms with Crippen molar-refractivity contribution in [3.63, 3.8) is 0 Å². The summed E-state index contributed by atoms with van der Waals surface area (Å²) < 4.78 is 5.53. The van der Waals surface area contributed by atoms with Gasteiger partial charge in [-0.3, -0.25) is 0 Å². The molecule has 2 unspecified atom stereocenters. The van der Waals surface area contributed by atoms with Crippen LogP contribution in [0, 0.1) is 12.8 Å². The van der Waals surface area contributed by atoms with Crippen LogP contribution in [0.15, 0.2) is 35.1 Å². The Kier molecular flexibility index (Phi) is 4.09. The molecule has 6 heteroatoms. The molecule has 22 heavy (non-hydrogen) atoms. The molecule has 116 valence electrons. The second kappa shape index (κ2) is 6.17. The Labute approximate surface area is 129 Å². The van der Waals surface area contributed by atoms with Crippen molar-refractivity contribution in [2.75, 3.05) is 11.9 Å². The van der Waals surface area contributed by atoms with E-state index >= 15 is 0 Å². The van der Waals surface area contributed by atoms with E-state index < -0.39 is 0 Å². The summed E-state index contributed by atoms with van der Waals surface area (Å²) in [5.74, 6) is 1.41. The highest BCUT2D eigenvalue weighted by molar-refractivity contribution is 5.90. The minimum Gasteiger partial charge on any atom is -0.467 e. The summed E-state index contributed by atoms with van der Waals surface area (Å²) >= 11 is 0. The molecular formula is C16H20N4O2. The number of carbonyl (C=O) groups excluding carboxylic acids is 1. The number of anilines is 1. The molecule has 1 N–H and O–H groups in total. The van der Waals surface area contributed by atoms with Gasteiger partial charge in [0.25, 0.3) is 0 Å². The van der Waals surface area contributed by atoms with Crippen molar-refractivity contribution in [3.8, 4) is 0 Å². The number of urea groups is 1. The topological polar surface area (TPSA) is 71.3 Å². The van der Waals surface area contributed by atoms with E-state index in [1.807, 2.05) is 24.0 Å². The van der Waals surface area contributed by atoms with Crippen molar-refractivity contribution in [2.45, 2.75) is 32.7 Å². The SMILES string of the molecule is Cc1nnccc1NC(=O)N1CCC(C)CC1c1ccco1. The molecule has 1 aliphatic rings. The molecule has 0 spiro atoms. The summed E-state index contributed by atoms with van der Waals surface area (Å²) in [6, 6.07) is 5.41. The lowest BCUT2D eigenvalue weighted by Gasteiger charge is -2.37. The fourth-order valence-electron chi connectivity index (χ4n) is 2.86. The Morgan fingerprint density at radius 3 is 3.05 bits per heavy atom. The van der Waals surface area contributed by atoms with Crippen LogP contribution in [-0.2, 0) is 0 Å². The van der Waals surface area contributed by atoms with Crippen LogP contribution < -0.4 is 5.32 Å². The van der Waals surface area contributed by atoms with Gasteiger partial charge < -0.3 is 14.6 Å².